The van der Waals surface area contributed by atoms with E-state index in [1.165, 1.54) is 0 Å². The van der Waals surface area contributed by atoms with E-state index in [1.54, 1.807) is 0 Å². The molecule has 0 radical (unpaired) electrons. The highest BCUT2D eigenvalue weighted by molar-refractivity contribution is 14.1. The Balaban J connectivity index is 2.03. The minimum atomic E-state index is 0.527. The minimum Gasteiger partial charge on any atom is -0.486 e. The lowest BCUT2D eigenvalue weighted by Gasteiger charge is -2.18. The predicted octanol–water partition coefficient (Wildman–Crippen LogP) is 3.05. The second-order valence-corrected chi connectivity index (χ2v) is 5.88. The van der Waals surface area contributed by atoms with Crippen molar-refractivity contribution in [1.29, 1.82) is 0 Å². The van der Waals surface area contributed by atoms with Crippen LogP contribution in [-0.2, 0) is 6.42 Å². The second-order valence-electron chi connectivity index (χ2n) is 4.80. The van der Waals surface area contributed by atoms with E-state index in [9.17, 15) is 0 Å². The lowest BCUT2D eigenvalue weighted by atomic mass is 10.1. The van der Waals surface area contributed by atoms with Gasteiger partial charge in [-0.25, -0.2) is 9.97 Å². The van der Waals surface area contributed by atoms with E-state index in [4.69, 9.17) is 15.2 Å². The number of aromatic nitrogens is 2. The van der Waals surface area contributed by atoms with Crippen LogP contribution in [0.25, 0.3) is 11.4 Å². The molecule has 0 spiro atoms. The number of halogens is 1. The molecule has 0 fully saturated rings. The molecule has 0 saturated carbocycles. The van der Waals surface area contributed by atoms with Crippen molar-refractivity contribution in [3.05, 3.63) is 27.5 Å². The molecule has 0 unspecified atom stereocenters. The van der Waals surface area contributed by atoms with Crippen molar-refractivity contribution < 1.29 is 9.47 Å². The normalized spacial score (nSPS) is 13.2. The number of anilines is 1. The topological polar surface area (TPSA) is 70.3 Å². The van der Waals surface area contributed by atoms with E-state index in [1.807, 2.05) is 18.2 Å². The van der Waals surface area contributed by atoms with Gasteiger partial charge in [-0.1, -0.05) is 13.3 Å². The van der Waals surface area contributed by atoms with Gasteiger partial charge in [-0.3, -0.25) is 0 Å². The van der Waals surface area contributed by atoms with Crippen LogP contribution in [-0.4, -0.2) is 23.2 Å². The summed E-state index contributed by atoms with van der Waals surface area (Å²) in [4.78, 5) is 9.04. The van der Waals surface area contributed by atoms with E-state index < -0.39 is 0 Å². The number of nitrogens with zero attached hydrogens (tertiary/aromatic N) is 2. The fraction of sp³-hybridized carbons (Fsp3) is 0.333. The Hall–Kier alpha value is -1.57. The van der Waals surface area contributed by atoms with Crippen LogP contribution in [0.2, 0.25) is 0 Å². The van der Waals surface area contributed by atoms with Crippen LogP contribution >= 0.6 is 22.6 Å². The summed E-state index contributed by atoms with van der Waals surface area (Å²) < 4.78 is 12.1. The molecule has 2 heterocycles. The number of ether oxygens (including phenoxy) is 2. The van der Waals surface area contributed by atoms with Crippen LogP contribution in [0.15, 0.2) is 18.2 Å². The fourth-order valence-corrected chi connectivity index (χ4v) is 2.74. The third-order valence-corrected chi connectivity index (χ3v) is 4.41. The number of fused-ring (bicyclic) bond motifs is 1. The van der Waals surface area contributed by atoms with Gasteiger partial charge in [-0.05, 0) is 47.2 Å². The van der Waals surface area contributed by atoms with Gasteiger partial charge in [0.15, 0.2) is 17.3 Å². The molecule has 0 saturated heterocycles. The van der Waals surface area contributed by atoms with Gasteiger partial charge in [0.25, 0.3) is 0 Å². The smallest absolute Gasteiger partial charge is 0.162 e. The van der Waals surface area contributed by atoms with Crippen LogP contribution < -0.4 is 15.2 Å². The molecule has 1 aliphatic heterocycles. The van der Waals surface area contributed by atoms with Crippen molar-refractivity contribution in [1.82, 2.24) is 9.97 Å². The number of rotatable bonds is 3. The summed E-state index contributed by atoms with van der Waals surface area (Å²) in [5.41, 5.74) is 7.90. The molecule has 2 N–H and O–H groups in total. The third kappa shape index (κ3) is 2.90. The summed E-state index contributed by atoms with van der Waals surface area (Å²) in [6.45, 7) is 3.27. The van der Waals surface area contributed by atoms with Gasteiger partial charge >= 0.3 is 0 Å². The SMILES string of the molecule is CCCc1nc(-c2ccc3c(c2)OCCO3)nc(N)c1I. The molecule has 0 atom stereocenters. The first kappa shape index (κ1) is 14.4. The standard InChI is InChI=1S/C15H16IN3O2/c1-2-3-10-13(16)14(17)19-15(18-10)9-4-5-11-12(8-9)21-7-6-20-11/h4-5,8H,2-3,6-7H2,1H3,(H2,17,18,19). The third-order valence-electron chi connectivity index (χ3n) is 3.23. The summed E-state index contributed by atoms with van der Waals surface area (Å²) in [6.07, 6.45) is 1.91. The molecule has 3 rings (SSSR count). The van der Waals surface area contributed by atoms with Gasteiger partial charge in [0.2, 0.25) is 0 Å². The van der Waals surface area contributed by atoms with Gasteiger partial charge in [0, 0.05) is 5.56 Å². The quantitative estimate of drug-likeness (QED) is 0.807. The molecule has 0 aliphatic carbocycles. The van der Waals surface area contributed by atoms with Crippen molar-refractivity contribution in [3.63, 3.8) is 0 Å². The molecule has 21 heavy (non-hydrogen) atoms. The zero-order chi connectivity index (χ0) is 14.8. The molecule has 110 valence electrons. The maximum atomic E-state index is 6.01. The van der Waals surface area contributed by atoms with Gasteiger partial charge < -0.3 is 15.2 Å². The molecule has 1 aromatic carbocycles. The maximum absolute atomic E-state index is 6.01. The van der Waals surface area contributed by atoms with Crippen LogP contribution in [0.5, 0.6) is 11.5 Å². The van der Waals surface area contributed by atoms with Crippen molar-refractivity contribution >= 4 is 28.4 Å². The minimum absolute atomic E-state index is 0.527. The molecule has 2 aromatic rings. The zero-order valence-corrected chi connectivity index (χ0v) is 13.9. The molecule has 0 amide bonds. The lowest BCUT2D eigenvalue weighted by molar-refractivity contribution is 0.171. The molecule has 1 aromatic heterocycles. The predicted molar refractivity (Wildman–Crippen MR) is 89.6 cm³/mol. The molecule has 0 bridgehead atoms. The first-order valence-electron chi connectivity index (χ1n) is 6.91. The number of aryl methyl sites for hydroxylation is 1. The Bertz CT molecular complexity index is 676. The monoisotopic (exact) mass is 397 g/mol. The Morgan fingerprint density at radius 2 is 1.95 bits per heavy atom. The first-order valence-corrected chi connectivity index (χ1v) is 7.99. The number of hydrogen-bond acceptors (Lipinski definition) is 5. The first-order chi connectivity index (χ1) is 10.2. The summed E-state index contributed by atoms with van der Waals surface area (Å²) in [5.74, 6) is 2.65. The summed E-state index contributed by atoms with van der Waals surface area (Å²) >= 11 is 2.20. The van der Waals surface area contributed by atoms with Crippen LogP contribution in [0, 0.1) is 3.57 Å². The van der Waals surface area contributed by atoms with Crippen molar-refractivity contribution in [2.24, 2.45) is 0 Å². The Morgan fingerprint density at radius 1 is 1.19 bits per heavy atom. The van der Waals surface area contributed by atoms with E-state index >= 15 is 0 Å². The number of nitrogens with two attached hydrogens (primary N) is 1. The van der Waals surface area contributed by atoms with E-state index in [0.717, 1.165) is 39.2 Å². The average Bonchev–Trinajstić information content (AvgIpc) is 2.51. The summed E-state index contributed by atoms with van der Waals surface area (Å²) in [6, 6.07) is 5.73. The zero-order valence-electron chi connectivity index (χ0n) is 11.7. The van der Waals surface area contributed by atoms with Crippen LogP contribution in [0.4, 0.5) is 5.82 Å². The van der Waals surface area contributed by atoms with Gasteiger partial charge in [-0.15, -0.1) is 0 Å². The summed E-state index contributed by atoms with van der Waals surface area (Å²) in [5, 5.41) is 0. The lowest BCUT2D eigenvalue weighted by Crippen LogP contribution is -2.15. The number of hydrogen-bond donors (Lipinski definition) is 1. The highest BCUT2D eigenvalue weighted by Gasteiger charge is 2.15. The Morgan fingerprint density at radius 3 is 2.71 bits per heavy atom. The Labute approximate surface area is 137 Å². The van der Waals surface area contributed by atoms with E-state index in [-0.39, 0.29) is 0 Å². The fourth-order valence-electron chi connectivity index (χ4n) is 2.23. The van der Waals surface area contributed by atoms with Gasteiger partial charge in [0.1, 0.15) is 19.0 Å². The molecule has 1 aliphatic rings. The van der Waals surface area contributed by atoms with Gasteiger partial charge in [0.05, 0.1) is 9.26 Å². The van der Waals surface area contributed by atoms with E-state index in [0.29, 0.717) is 24.9 Å². The van der Waals surface area contributed by atoms with Crippen LogP contribution in [0.3, 0.4) is 0 Å². The number of benzene rings is 1. The second kappa shape index (κ2) is 6.05. The van der Waals surface area contributed by atoms with Crippen LogP contribution in [0.1, 0.15) is 19.0 Å². The van der Waals surface area contributed by atoms with Gasteiger partial charge in [-0.2, -0.15) is 0 Å². The summed E-state index contributed by atoms with van der Waals surface area (Å²) in [7, 11) is 0. The van der Waals surface area contributed by atoms with Crippen molar-refractivity contribution in [2.75, 3.05) is 18.9 Å². The molecular formula is C15H16IN3O2. The maximum Gasteiger partial charge on any atom is 0.162 e. The molecule has 5 nitrogen and oxygen atoms in total. The highest BCUT2D eigenvalue weighted by Crippen LogP contribution is 2.34. The molecule has 6 heteroatoms. The van der Waals surface area contributed by atoms with Crippen molar-refractivity contribution in [2.45, 2.75) is 19.8 Å². The average molecular weight is 397 g/mol. The van der Waals surface area contributed by atoms with E-state index in [2.05, 4.69) is 39.5 Å². The molecular weight excluding hydrogens is 381 g/mol. The van der Waals surface area contributed by atoms with Crippen molar-refractivity contribution in [3.8, 4) is 22.9 Å². The Kier molecular flexibility index (Phi) is 4.14. The number of nitrogen functional groups attached to an aromatic ring is 1. The largest absolute Gasteiger partial charge is 0.486 e. The highest BCUT2D eigenvalue weighted by atomic mass is 127.